The number of ether oxygens (including phenoxy) is 1. The fourth-order valence-electron chi connectivity index (χ4n) is 5.72. The summed E-state index contributed by atoms with van der Waals surface area (Å²) in [4.78, 5) is 16.2. The van der Waals surface area contributed by atoms with Crippen LogP contribution in [0.3, 0.4) is 0 Å². The lowest BCUT2D eigenvalue weighted by molar-refractivity contribution is -0.0794. The molecule has 37 heavy (non-hydrogen) atoms. The molecule has 6 rings (SSSR count). The summed E-state index contributed by atoms with van der Waals surface area (Å²) in [5, 5.41) is 7.58. The number of halogens is 2. The number of piperidine rings is 1. The monoisotopic (exact) mass is 509 g/mol. The minimum atomic E-state index is -1.05. The highest BCUT2D eigenvalue weighted by Crippen LogP contribution is 2.44. The molecule has 2 fully saturated rings. The Hall–Kier alpha value is -2.98. The summed E-state index contributed by atoms with van der Waals surface area (Å²) in [6, 6.07) is 3.65. The molecule has 1 unspecified atom stereocenters. The standard InChI is InChI=1S/C27H33F2N7O/c1-15(2)27(4)9-16(3)31-22-6-5-21(32-25(22)27)24-19(29)12-36-23(24)10-30-26(34-36)33-20-7-8-35(11-18(20)28)17-13-37-14-17/h5-6,10,12,15,17-18,20H,7-9,11,13-14H2,1-4H3,(H,33,34)/t18-,20+,27?/m1/s1. The van der Waals surface area contributed by atoms with E-state index in [4.69, 9.17) is 14.7 Å². The molecule has 0 aromatic carbocycles. The molecule has 0 bridgehead atoms. The SMILES string of the molecule is CC1=Nc2ccc(-c3c(F)cn4nc(N[C@H]5CCN(C6COC6)C[C@H]5F)ncc34)nc2C(C)(C(C)C)C1. The number of nitrogens with one attached hydrogen (secondary N) is 1. The molecule has 0 spiro atoms. The number of pyridine rings is 1. The van der Waals surface area contributed by atoms with Crippen molar-refractivity contribution < 1.29 is 13.5 Å². The zero-order chi connectivity index (χ0) is 25.9. The van der Waals surface area contributed by atoms with Crippen molar-refractivity contribution >= 4 is 22.9 Å². The molecule has 3 atom stereocenters. The van der Waals surface area contributed by atoms with E-state index in [1.54, 1.807) is 12.3 Å². The van der Waals surface area contributed by atoms with Crippen LogP contribution in [0.5, 0.6) is 0 Å². The fraction of sp³-hybridized carbons (Fsp3) is 0.556. The van der Waals surface area contributed by atoms with Crippen LogP contribution in [0.2, 0.25) is 0 Å². The van der Waals surface area contributed by atoms with Gasteiger partial charge < -0.3 is 10.1 Å². The molecule has 2 saturated heterocycles. The Morgan fingerprint density at radius 3 is 2.76 bits per heavy atom. The van der Waals surface area contributed by atoms with Crippen molar-refractivity contribution in [2.75, 3.05) is 31.6 Å². The highest BCUT2D eigenvalue weighted by molar-refractivity contribution is 5.89. The van der Waals surface area contributed by atoms with Crippen LogP contribution in [-0.2, 0) is 10.2 Å². The van der Waals surface area contributed by atoms with E-state index in [1.165, 1.54) is 10.7 Å². The van der Waals surface area contributed by atoms with E-state index in [-0.39, 0.29) is 11.4 Å². The summed E-state index contributed by atoms with van der Waals surface area (Å²) in [6.07, 6.45) is 3.31. The molecule has 3 aromatic heterocycles. The van der Waals surface area contributed by atoms with Gasteiger partial charge in [0.2, 0.25) is 5.95 Å². The summed E-state index contributed by atoms with van der Waals surface area (Å²) in [7, 11) is 0. The number of likely N-dealkylation sites (tertiary alicyclic amines) is 1. The second-order valence-electron chi connectivity index (χ2n) is 11.2. The van der Waals surface area contributed by atoms with Crippen molar-refractivity contribution in [3.8, 4) is 11.3 Å². The quantitative estimate of drug-likeness (QED) is 0.543. The third-order valence-electron chi connectivity index (χ3n) is 8.39. The molecule has 8 nitrogen and oxygen atoms in total. The second-order valence-corrected chi connectivity index (χ2v) is 11.2. The minimum absolute atomic E-state index is 0.194. The Labute approximate surface area is 215 Å². The van der Waals surface area contributed by atoms with Crippen molar-refractivity contribution in [1.82, 2.24) is 24.5 Å². The van der Waals surface area contributed by atoms with Gasteiger partial charge in [-0.1, -0.05) is 20.8 Å². The lowest BCUT2D eigenvalue weighted by Crippen LogP contribution is -2.57. The van der Waals surface area contributed by atoms with Crippen LogP contribution in [-0.4, -0.2) is 74.8 Å². The molecule has 0 saturated carbocycles. The molecule has 0 aliphatic carbocycles. The van der Waals surface area contributed by atoms with E-state index in [2.05, 4.69) is 41.1 Å². The van der Waals surface area contributed by atoms with Gasteiger partial charge in [-0.3, -0.25) is 9.89 Å². The van der Waals surface area contributed by atoms with Crippen molar-refractivity contribution in [2.24, 2.45) is 10.9 Å². The fourth-order valence-corrected chi connectivity index (χ4v) is 5.72. The van der Waals surface area contributed by atoms with Crippen LogP contribution in [0.25, 0.3) is 16.8 Å². The van der Waals surface area contributed by atoms with E-state index in [1.807, 2.05) is 13.0 Å². The van der Waals surface area contributed by atoms with Gasteiger partial charge in [-0.2, -0.15) is 0 Å². The summed E-state index contributed by atoms with van der Waals surface area (Å²) >= 11 is 0. The highest BCUT2D eigenvalue weighted by atomic mass is 19.1. The lowest BCUT2D eigenvalue weighted by Gasteiger charge is -2.42. The number of aliphatic imine (C=N–C) groups is 1. The zero-order valence-electron chi connectivity index (χ0n) is 21.7. The molecule has 0 radical (unpaired) electrons. The van der Waals surface area contributed by atoms with Gasteiger partial charge in [-0.15, -0.1) is 5.10 Å². The van der Waals surface area contributed by atoms with E-state index in [0.717, 1.165) is 30.1 Å². The summed E-state index contributed by atoms with van der Waals surface area (Å²) in [5.74, 6) is 0.179. The van der Waals surface area contributed by atoms with Gasteiger partial charge >= 0.3 is 0 Å². The van der Waals surface area contributed by atoms with Gasteiger partial charge in [0.15, 0.2) is 5.82 Å². The number of hydrogen-bond acceptors (Lipinski definition) is 7. The third kappa shape index (κ3) is 4.20. The molecule has 3 aliphatic rings. The number of nitrogens with zero attached hydrogens (tertiary/aromatic N) is 6. The molecule has 196 valence electrons. The van der Waals surface area contributed by atoms with Crippen molar-refractivity contribution in [1.29, 1.82) is 0 Å². The topological polar surface area (TPSA) is 79.9 Å². The minimum Gasteiger partial charge on any atom is -0.378 e. The smallest absolute Gasteiger partial charge is 0.241 e. The van der Waals surface area contributed by atoms with Gasteiger partial charge in [0.1, 0.15) is 6.17 Å². The summed E-state index contributed by atoms with van der Waals surface area (Å²) in [6.45, 7) is 11.1. The molecule has 3 aromatic rings. The van der Waals surface area contributed by atoms with E-state index >= 15 is 4.39 Å². The summed E-state index contributed by atoms with van der Waals surface area (Å²) < 4.78 is 36.9. The van der Waals surface area contributed by atoms with E-state index in [9.17, 15) is 4.39 Å². The Bertz CT molecular complexity index is 1370. The van der Waals surface area contributed by atoms with Gasteiger partial charge in [0.05, 0.1) is 65.8 Å². The predicted octanol–water partition coefficient (Wildman–Crippen LogP) is 4.56. The van der Waals surface area contributed by atoms with E-state index in [0.29, 0.717) is 54.9 Å². The summed E-state index contributed by atoms with van der Waals surface area (Å²) in [5.41, 5.74) is 4.00. The van der Waals surface area contributed by atoms with Crippen LogP contribution in [0.15, 0.2) is 29.5 Å². The third-order valence-corrected chi connectivity index (χ3v) is 8.39. The van der Waals surface area contributed by atoms with Crippen LogP contribution in [0, 0.1) is 11.7 Å². The van der Waals surface area contributed by atoms with Crippen LogP contribution >= 0.6 is 0 Å². The number of rotatable bonds is 5. The average Bonchev–Trinajstić information content (AvgIpc) is 3.14. The molecular weight excluding hydrogens is 476 g/mol. The first-order chi connectivity index (χ1) is 17.7. The molecule has 1 N–H and O–H groups in total. The van der Waals surface area contributed by atoms with Gasteiger partial charge in [0, 0.05) is 24.2 Å². The van der Waals surface area contributed by atoms with Gasteiger partial charge in [-0.05, 0) is 37.8 Å². The molecule has 6 heterocycles. The zero-order valence-corrected chi connectivity index (χ0v) is 21.7. The van der Waals surface area contributed by atoms with Gasteiger partial charge in [0.25, 0.3) is 0 Å². The maximum atomic E-state index is 15.3. The first-order valence-electron chi connectivity index (χ1n) is 13.1. The first kappa shape index (κ1) is 24.4. The largest absolute Gasteiger partial charge is 0.378 e. The number of hydrogen-bond donors (Lipinski definition) is 1. The van der Waals surface area contributed by atoms with Crippen molar-refractivity contribution in [3.05, 3.63) is 36.0 Å². The normalized spacial score (nSPS) is 26.7. The molecule has 10 heteroatoms. The maximum absolute atomic E-state index is 15.3. The first-order valence-corrected chi connectivity index (χ1v) is 13.1. The Morgan fingerprint density at radius 2 is 2.05 bits per heavy atom. The number of anilines is 1. The average molecular weight is 510 g/mol. The Balaban J connectivity index is 1.28. The van der Waals surface area contributed by atoms with Crippen LogP contribution in [0.4, 0.5) is 20.4 Å². The number of aromatic nitrogens is 4. The Kier molecular flexibility index (Phi) is 5.99. The number of fused-ring (bicyclic) bond motifs is 2. The Morgan fingerprint density at radius 1 is 1.24 bits per heavy atom. The maximum Gasteiger partial charge on any atom is 0.241 e. The predicted molar refractivity (Wildman–Crippen MR) is 139 cm³/mol. The van der Waals surface area contributed by atoms with Crippen molar-refractivity contribution in [2.45, 2.75) is 64.2 Å². The molecule has 0 amide bonds. The molecular formula is C27H33F2N7O. The molecule has 3 aliphatic heterocycles. The van der Waals surface area contributed by atoms with Crippen LogP contribution < -0.4 is 5.32 Å². The highest BCUT2D eigenvalue weighted by Gasteiger charge is 2.38. The van der Waals surface area contributed by atoms with Crippen molar-refractivity contribution in [3.63, 3.8) is 0 Å². The van der Waals surface area contributed by atoms with E-state index < -0.39 is 18.0 Å². The lowest BCUT2D eigenvalue weighted by atomic mass is 9.70. The number of alkyl halides is 1. The van der Waals surface area contributed by atoms with Crippen LogP contribution in [0.1, 0.15) is 46.2 Å². The van der Waals surface area contributed by atoms with Gasteiger partial charge in [-0.25, -0.2) is 23.3 Å². The second kappa shape index (κ2) is 9.09.